The molecule has 9 nitrogen and oxygen atoms in total. The Morgan fingerprint density at radius 3 is 2.20 bits per heavy atom. The highest BCUT2D eigenvalue weighted by atomic mass is 32.2. The zero-order valence-corrected chi connectivity index (χ0v) is 21.3. The van der Waals surface area contributed by atoms with Crippen molar-refractivity contribution in [1.29, 1.82) is 5.26 Å². The topological polar surface area (TPSA) is 131 Å². The number of methoxy groups -OCH3 is 1. The van der Waals surface area contributed by atoms with Gasteiger partial charge in [0.15, 0.2) is 0 Å². The van der Waals surface area contributed by atoms with Gasteiger partial charge in [0.25, 0.3) is 0 Å². The fraction of sp³-hybridized carbons (Fsp3) is 0.440. The van der Waals surface area contributed by atoms with Crippen LogP contribution in [-0.2, 0) is 16.4 Å². The van der Waals surface area contributed by atoms with Gasteiger partial charge in [0.1, 0.15) is 5.75 Å². The predicted molar refractivity (Wildman–Crippen MR) is 132 cm³/mol. The van der Waals surface area contributed by atoms with Gasteiger partial charge in [-0.25, -0.2) is 13.2 Å². The number of nitrogens with zero attached hydrogens (tertiary/aromatic N) is 3. The van der Waals surface area contributed by atoms with Gasteiger partial charge in [0.05, 0.1) is 30.2 Å². The van der Waals surface area contributed by atoms with Gasteiger partial charge in [-0.15, -0.1) is 0 Å². The van der Waals surface area contributed by atoms with E-state index in [-0.39, 0.29) is 30.8 Å². The summed E-state index contributed by atoms with van der Waals surface area (Å²) in [5, 5.41) is 30.4. The lowest BCUT2D eigenvalue weighted by Gasteiger charge is -2.42. The molecule has 0 aliphatic rings. The Bertz CT molecular complexity index is 1110. The minimum Gasteiger partial charge on any atom is -0.497 e. The number of sulfonamides is 1. The molecule has 0 heterocycles. The number of ether oxygens (including phenoxy) is 1. The molecular weight excluding hydrogens is 470 g/mol. The highest BCUT2D eigenvalue weighted by molar-refractivity contribution is 7.89. The summed E-state index contributed by atoms with van der Waals surface area (Å²) in [5.41, 5.74) is -0.0628. The van der Waals surface area contributed by atoms with E-state index in [0.717, 1.165) is 14.8 Å². The van der Waals surface area contributed by atoms with Crippen LogP contribution in [0.5, 0.6) is 5.75 Å². The van der Waals surface area contributed by atoms with Crippen molar-refractivity contribution >= 4 is 16.1 Å². The summed E-state index contributed by atoms with van der Waals surface area (Å²) >= 11 is 0. The van der Waals surface area contributed by atoms with Gasteiger partial charge in [0, 0.05) is 25.0 Å². The van der Waals surface area contributed by atoms with E-state index in [0.29, 0.717) is 5.75 Å². The number of aliphatic hydroxyl groups is 1. The molecule has 2 rings (SSSR count). The molecule has 0 aliphatic carbocycles. The number of carboxylic acid groups (broad SMARTS) is 1. The first-order chi connectivity index (χ1) is 16.4. The standard InChI is InChI=1S/C25H33N3O6S/c1-25(2,3)28(24(30)31)22(17-19-9-6-5-7-10-19)23(29)18-27(16-8-15-26)35(32,33)21-13-11-20(34-4)12-14-21/h5-7,9-14,22-23,29H,8,16-18H2,1-4H3,(H,30,31)/t22-,23+/m0/s1. The van der Waals surface area contributed by atoms with Crippen molar-refractivity contribution < 1.29 is 28.2 Å². The molecule has 1 amide bonds. The van der Waals surface area contributed by atoms with Gasteiger partial charge < -0.3 is 14.9 Å². The van der Waals surface area contributed by atoms with Crippen LogP contribution in [0.25, 0.3) is 0 Å². The Labute approximate surface area is 207 Å². The molecular formula is C25H33N3O6S. The molecule has 0 bridgehead atoms. The quantitative estimate of drug-likeness (QED) is 0.481. The summed E-state index contributed by atoms with van der Waals surface area (Å²) in [5.74, 6) is 0.484. The first-order valence-corrected chi connectivity index (χ1v) is 12.6. The molecule has 35 heavy (non-hydrogen) atoms. The molecule has 2 atom stereocenters. The van der Waals surface area contributed by atoms with Gasteiger partial charge >= 0.3 is 6.09 Å². The molecule has 0 saturated carbocycles. The Kier molecular flexibility index (Phi) is 9.65. The van der Waals surface area contributed by atoms with Crippen molar-refractivity contribution in [2.24, 2.45) is 0 Å². The molecule has 0 unspecified atom stereocenters. The first-order valence-electron chi connectivity index (χ1n) is 11.2. The second kappa shape index (κ2) is 12.0. The number of hydrogen-bond donors (Lipinski definition) is 2. The van der Waals surface area contributed by atoms with E-state index in [2.05, 4.69) is 0 Å². The molecule has 2 aromatic rings. The largest absolute Gasteiger partial charge is 0.497 e. The van der Waals surface area contributed by atoms with Gasteiger partial charge in [-0.05, 0) is 57.0 Å². The van der Waals surface area contributed by atoms with Gasteiger partial charge in [-0.3, -0.25) is 4.90 Å². The van der Waals surface area contributed by atoms with Crippen molar-refractivity contribution in [2.75, 3.05) is 20.2 Å². The van der Waals surface area contributed by atoms with Gasteiger partial charge in [0.2, 0.25) is 10.0 Å². The molecule has 0 fully saturated rings. The molecule has 2 aromatic carbocycles. The number of nitriles is 1. The Morgan fingerprint density at radius 1 is 1.11 bits per heavy atom. The van der Waals surface area contributed by atoms with E-state index in [1.165, 1.54) is 31.4 Å². The monoisotopic (exact) mass is 503 g/mol. The van der Waals surface area contributed by atoms with E-state index in [1.807, 2.05) is 36.4 Å². The van der Waals surface area contributed by atoms with E-state index in [9.17, 15) is 23.4 Å². The average Bonchev–Trinajstić information content (AvgIpc) is 2.80. The van der Waals surface area contributed by atoms with Crippen LogP contribution < -0.4 is 4.74 Å². The van der Waals surface area contributed by atoms with Crippen molar-refractivity contribution in [1.82, 2.24) is 9.21 Å². The second-order valence-electron chi connectivity index (χ2n) is 9.09. The number of benzene rings is 2. The summed E-state index contributed by atoms with van der Waals surface area (Å²) in [6, 6.07) is 15.9. The summed E-state index contributed by atoms with van der Waals surface area (Å²) in [4.78, 5) is 13.4. The molecule has 0 radical (unpaired) electrons. The highest BCUT2D eigenvalue weighted by Gasteiger charge is 2.39. The van der Waals surface area contributed by atoms with Crippen LogP contribution in [-0.4, -0.2) is 71.8 Å². The van der Waals surface area contributed by atoms with E-state index < -0.39 is 33.8 Å². The van der Waals surface area contributed by atoms with Crippen LogP contribution in [0.15, 0.2) is 59.5 Å². The summed E-state index contributed by atoms with van der Waals surface area (Å²) in [6.45, 7) is 4.62. The minimum absolute atomic E-state index is 0.0195. The Morgan fingerprint density at radius 2 is 1.71 bits per heavy atom. The number of aliphatic hydroxyl groups excluding tert-OH is 1. The number of rotatable bonds is 11. The first kappa shape index (κ1) is 28.1. The highest BCUT2D eigenvalue weighted by Crippen LogP contribution is 2.25. The maximum Gasteiger partial charge on any atom is 0.408 e. The Hall–Kier alpha value is -3.13. The van der Waals surface area contributed by atoms with Crippen LogP contribution in [0.2, 0.25) is 0 Å². The lowest BCUT2D eigenvalue weighted by molar-refractivity contribution is 0.00129. The fourth-order valence-electron chi connectivity index (χ4n) is 3.89. The van der Waals surface area contributed by atoms with E-state index >= 15 is 0 Å². The average molecular weight is 504 g/mol. The van der Waals surface area contributed by atoms with Crippen LogP contribution in [0.1, 0.15) is 32.8 Å². The SMILES string of the molecule is COc1ccc(S(=O)(=O)N(CCC#N)C[C@@H](O)[C@H](Cc2ccccc2)N(C(=O)O)C(C)(C)C)cc1. The maximum absolute atomic E-state index is 13.4. The number of hydrogen-bond acceptors (Lipinski definition) is 6. The van der Waals surface area contributed by atoms with Crippen molar-refractivity contribution in [3.8, 4) is 11.8 Å². The van der Waals surface area contributed by atoms with Gasteiger partial charge in [-0.2, -0.15) is 9.57 Å². The predicted octanol–water partition coefficient (Wildman–Crippen LogP) is 3.35. The fourth-order valence-corrected chi connectivity index (χ4v) is 5.35. The van der Waals surface area contributed by atoms with E-state index in [1.54, 1.807) is 20.8 Å². The molecule has 0 saturated heterocycles. The van der Waals surface area contributed by atoms with Crippen LogP contribution >= 0.6 is 0 Å². The second-order valence-corrected chi connectivity index (χ2v) is 11.0. The smallest absolute Gasteiger partial charge is 0.408 e. The number of amides is 1. The minimum atomic E-state index is -4.08. The van der Waals surface area contributed by atoms with Crippen LogP contribution in [0, 0.1) is 11.3 Å². The lowest BCUT2D eigenvalue weighted by Crippen LogP contribution is -2.58. The van der Waals surface area contributed by atoms with Crippen LogP contribution in [0.4, 0.5) is 4.79 Å². The summed E-state index contributed by atoms with van der Waals surface area (Å²) in [7, 11) is -2.61. The maximum atomic E-state index is 13.4. The third-order valence-electron chi connectivity index (χ3n) is 5.55. The normalized spacial score (nSPS) is 13.6. The Balaban J connectivity index is 2.45. The van der Waals surface area contributed by atoms with E-state index in [4.69, 9.17) is 10.00 Å². The molecule has 0 aromatic heterocycles. The van der Waals surface area contributed by atoms with Crippen LogP contribution in [0.3, 0.4) is 0 Å². The number of carbonyl (C=O) groups is 1. The molecule has 2 N–H and O–H groups in total. The molecule has 10 heteroatoms. The third-order valence-corrected chi connectivity index (χ3v) is 7.43. The molecule has 0 spiro atoms. The molecule has 190 valence electrons. The zero-order chi connectivity index (χ0) is 26.2. The summed E-state index contributed by atoms with van der Waals surface area (Å²) < 4.78 is 32.9. The summed E-state index contributed by atoms with van der Waals surface area (Å²) in [6.07, 6.45) is -2.50. The lowest BCUT2D eigenvalue weighted by atomic mass is 9.94. The van der Waals surface area contributed by atoms with Crippen molar-refractivity contribution in [3.05, 3.63) is 60.2 Å². The molecule has 0 aliphatic heterocycles. The zero-order valence-electron chi connectivity index (χ0n) is 20.5. The third kappa shape index (κ3) is 7.42. The van der Waals surface area contributed by atoms with Crippen molar-refractivity contribution in [2.45, 2.75) is 56.2 Å². The van der Waals surface area contributed by atoms with Gasteiger partial charge in [-0.1, -0.05) is 30.3 Å². The van der Waals surface area contributed by atoms with Crippen molar-refractivity contribution in [3.63, 3.8) is 0 Å².